The Morgan fingerprint density at radius 3 is 2.67 bits per heavy atom. The van der Waals surface area contributed by atoms with Crippen LogP contribution in [0.2, 0.25) is 0 Å². The maximum absolute atomic E-state index is 12.9. The molecule has 0 aliphatic carbocycles. The number of benzene rings is 3. The smallest absolute Gasteiger partial charge is 0.227 e. The number of imidazole rings is 1. The Hall–Kier alpha value is -3.14. The van der Waals surface area contributed by atoms with Gasteiger partial charge >= 0.3 is 0 Å². The lowest BCUT2D eigenvalue weighted by Crippen LogP contribution is -2.24. The summed E-state index contributed by atoms with van der Waals surface area (Å²) in [5.41, 5.74) is 3.15. The summed E-state index contributed by atoms with van der Waals surface area (Å²) in [4.78, 5) is 19.7. The van der Waals surface area contributed by atoms with Crippen LogP contribution in [0.15, 0.2) is 66.7 Å². The first-order valence-corrected chi connectivity index (χ1v) is 9.49. The number of nitrogens with zero attached hydrogens (tertiary/aromatic N) is 3. The van der Waals surface area contributed by atoms with Gasteiger partial charge in [-0.2, -0.15) is 0 Å². The van der Waals surface area contributed by atoms with Crippen LogP contribution in [-0.4, -0.2) is 22.0 Å². The molecule has 134 valence electrons. The highest BCUT2D eigenvalue weighted by molar-refractivity contribution is 6.05. The molecule has 1 amide bonds. The van der Waals surface area contributed by atoms with Crippen molar-refractivity contribution in [3.05, 3.63) is 72.6 Å². The van der Waals surface area contributed by atoms with Crippen LogP contribution in [0.4, 0.5) is 5.69 Å². The number of aromatic nitrogens is 2. The molecule has 2 heterocycles. The predicted molar refractivity (Wildman–Crippen MR) is 109 cm³/mol. The molecule has 0 spiro atoms. The van der Waals surface area contributed by atoms with Crippen LogP contribution in [0.25, 0.3) is 21.8 Å². The van der Waals surface area contributed by atoms with E-state index < -0.39 is 0 Å². The van der Waals surface area contributed by atoms with E-state index in [0.29, 0.717) is 13.0 Å². The van der Waals surface area contributed by atoms with Crippen molar-refractivity contribution in [1.82, 2.24) is 9.55 Å². The van der Waals surface area contributed by atoms with E-state index in [-0.39, 0.29) is 11.8 Å². The molecule has 0 radical (unpaired) electrons. The minimum absolute atomic E-state index is 0.115. The molecule has 4 heteroatoms. The molecular formula is C23H21N3O. The molecule has 1 saturated heterocycles. The molecule has 0 saturated carbocycles. The normalized spacial score (nSPS) is 17.3. The van der Waals surface area contributed by atoms with Crippen molar-refractivity contribution in [1.29, 1.82) is 0 Å². The molecule has 1 aromatic heterocycles. The standard InChI is InChI=1S/C23H21N3O/c1-2-25-21-12-6-5-11-19(21)24-23(25)17-14-22(27)26(15-17)20-13-7-9-16-8-3-4-10-18(16)20/h3-13,17H,2,14-15H2,1H3/t17-/m0/s1. The molecule has 4 nitrogen and oxygen atoms in total. The van der Waals surface area contributed by atoms with Gasteiger partial charge in [0.1, 0.15) is 5.82 Å². The second kappa shape index (κ2) is 6.23. The Morgan fingerprint density at radius 2 is 1.78 bits per heavy atom. The van der Waals surface area contributed by atoms with Gasteiger partial charge in [0.15, 0.2) is 0 Å². The number of anilines is 1. The van der Waals surface area contributed by atoms with Crippen LogP contribution >= 0.6 is 0 Å². The van der Waals surface area contributed by atoms with Crippen molar-refractivity contribution < 1.29 is 4.79 Å². The first kappa shape index (κ1) is 16.1. The van der Waals surface area contributed by atoms with Gasteiger partial charge in [-0.05, 0) is 30.5 Å². The highest BCUT2D eigenvalue weighted by Gasteiger charge is 2.35. The van der Waals surface area contributed by atoms with Gasteiger partial charge in [-0.15, -0.1) is 0 Å². The topological polar surface area (TPSA) is 38.1 Å². The van der Waals surface area contributed by atoms with E-state index in [1.165, 1.54) is 0 Å². The third kappa shape index (κ3) is 2.52. The highest BCUT2D eigenvalue weighted by atomic mass is 16.2. The van der Waals surface area contributed by atoms with Gasteiger partial charge in [0, 0.05) is 30.8 Å². The monoisotopic (exact) mass is 355 g/mol. The van der Waals surface area contributed by atoms with E-state index in [0.717, 1.165) is 39.9 Å². The van der Waals surface area contributed by atoms with Gasteiger partial charge in [0.05, 0.1) is 16.7 Å². The van der Waals surface area contributed by atoms with Gasteiger partial charge in [-0.3, -0.25) is 4.79 Å². The van der Waals surface area contributed by atoms with Crippen LogP contribution in [0.5, 0.6) is 0 Å². The van der Waals surface area contributed by atoms with Crippen molar-refractivity contribution in [2.45, 2.75) is 25.8 Å². The van der Waals surface area contributed by atoms with Crippen LogP contribution < -0.4 is 4.90 Å². The zero-order chi connectivity index (χ0) is 18.4. The SMILES string of the molecule is CCn1c([C@H]2CC(=O)N(c3cccc4ccccc34)C2)nc2ccccc21. The average Bonchev–Trinajstić information content (AvgIpc) is 3.27. The molecular weight excluding hydrogens is 334 g/mol. The van der Waals surface area contributed by atoms with Crippen LogP contribution in [-0.2, 0) is 11.3 Å². The van der Waals surface area contributed by atoms with Crippen molar-refractivity contribution >= 4 is 33.4 Å². The van der Waals surface area contributed by atoms with Crippen LogP contribution in [0, 0.1) is 0 Å². The number of hydrogen-bond donors (Lipinski definition) is 0. The summed E-state index contributed by atoms with van der Waals surface area (Å²) in [5.74, 6) is 1.31. The second-order valence-electron chi connectivity index (χ2n) is 7.11. The molecule has 1 fully saturated rings. The molecule has 1 aliphatic rings. The fourth-order valence-corrected chi connectivity index (χ4v) is 4.30. The van der Waals surface area contributed by atoms with Gasteiger partial charge in [0.2, 0.25) is 5.91 Å². The summed E-state index contributed by atoms with van der Waals surface area (Å²) in [7, 11) is 0. The number of hydrogen-bond acceptors (Lipinski definition) is 2. The molecule has 0 N–H and O–H groups in total. The Balaban J connectivity index is 1.56. The lowest BCUT2D eigenvalue weighted by atomic mass is 10.1. The molecule has 1 atom stereocenters. The predicted octanol–water partition coefficient (Wildman–Crippen LogP) is 4.73. The summed E-state index contributed by atoms with van der Waals surface area (Å²) in [6, 6.07) is 22.6. The van der Waals surface area contributed by atoms with Crippen molar-refractivity contribution in [3.8, 4) is 0 Å². The first-order valence-electron chi connectivity index (χ1n) is 9.49. The number of carbonyl (C=O) groups excluding carboxylic acids is 1. The Bertz CT molecular complexity index is 1160. The third-order valence-corrected chi connectivity index (χ3v) is 5.55. The summed E-state index contributed by atoms with van der Waals surface area (Å²) in [6.07, 6.45) is 0.506. The second-order valence-corrected chi connectivity index (χ2v) is 7.11. The molecule has 0 bridgehead atoms. The molecule has 3 aromatic carbocycles. The first-order chi connectivity index (χ1) is 13.3. The van der Waals surface area contributed by atoms with Gasteiger partial charge in [0.25, 0.3) is 0 Å². The molecule has 4 aromatic rings. The minimum atomic E-state index is 0.115. The van der Waals surface area contributed by atoms with E-state index in [1.807, 2.05) is 47.4 Å². The van der Waals surface area contributed by atoms with Gasteiger partial charge in [-0.25, -0.2) is 4.98 Å². The maximum atomic E-state index is 12.9. The van der Waals surface area contributed by atoms with Crippen molar-refractivity contribution in [2.75, 3.05) is 11.4 Å². The van der Waals surface area contributed by atoms with Gasteiger partial charge < -0.3 is 9.47 Å². The van der Waals surface area contributed by atoms with Crippen molar-refractivity contribution in [3.63, 3.8) is 0 Å². The fraction of sp³-hybridized carbons (Fsp3) is 0.217. The Labute approximate surface area is 158 Å². The molecule has 27 heavy (non-hydrogen) atoms. The average molecular weight is 355 g/mol. The number of amides is 1. The lowest BCUT2D eigenvalue weighted by molar-refractivity contribution is -0.117. The van der Waals surface area contributed by atoms with Crippen LogP contribution in [0.3, 0.4) is 0 Å². The maximum Gasteiger partial charge on any atom is 0.227 e. The van der Waals surface area contributed by atoms with Gasteiger partial charge in [-0.1, -0.05) is 48.5 Å². The summed E-state index contributed by atoms with van der Waals surface area (Å²) in [6.45, 7) is 3.67. The van der Waals surface area contributed by atoms with E-state index >= 15 is 0 Å². The zero-order valence-electron chi connectivity index (χ0n) is 15.3. The zero-order valence-corrected chi connectivity index (χ0v) is 15.3. The molecule has 0 unspecified atom stereocenters. The quantitative estimate of drug-likeness (QED) is 0.533. The number of fused-ring (bicyclic) bond motifs is 2. The van der Waals surface area contributed by atoms with E-state index in [2.05, 4.69) is 35.8 Å². The highest BCUT2D eigenvalue weighted by Crippen LogP contribution is 2.36. The number of rotatable bonds is 3. The number of carbonyl (C=O) groups is 1. The molecule has 5 rings (SSSR count). The number of para-hydroxylation sites is 2. The Kier molecular flexibility index (Phi) is 3.71. The summed E-state index contributed by atoms with van der Waals surface area (Å²) in [5, 5.41) is 2.28. The van der Waals surface area contributed by atoms with E-state index in [1.54, 1.807) is 0 Å². The summed E-state index contributed by atoms with van der Waals surface area (Å²) >= 11 is 0. The van der Waals surface area contributed by atoms with Crippen LogP contribution in [0.1, 0.15) is 25.1 Å². The summed E-state index contributed by atoms with van der Waals surface area (Å²) < 4.78 is 2.25. The Morgan fingerprint density at radius 1 is 1.00 bits per heavy atom. The van der Waals surface area contributed by atoms with E-state index in [4.69, 9.17) is 4.98 Å². The number of aryl methyl sites for hydroxylation is 1. The lowest BCUT2D eigenvalue weighted by Gasteiger charge is -2.19. The third-order valence-electron chi connectivity index (χ3n) is 5.55. The fourth-order valence-electron chi connectivity index (χ4n) is 4.30. The largest absolute Gasteiger partial charge is 0.328 e. The van der Waals surface area contributed by atoms with E-state index in [9.17, 15) is 4.79 Å². The molecule has 1 aliphatic heterocycles. The minimum Gasteiger partial charge on any atom is -0.328 e. The van der Waals surface area contributed by atoms with Crippen molar-refractivity contribution in [2.24, 2.45) is 0 Å².